The molecule has 0 radical (unpaired) electrons. The van der Waals surface area contributed by atoms with Gasteiger partial charge < -0.3 is 4.90 Å². The largest absolute Gasteiger partial charge is 0.303 e. The second kappa shape index (κ2) is 7.70. The van der Waals surface area contributed by atoms with Crippen LogP contribution < -0.4 is 0 Å². The molecule has 0 saturated heterocycles. The van der Waals surface area contributed by atoms with E-state index in [0.29, 0.717) is 12.3 Å². The van der Waals surface area contributed by atoms with Crippen molar-refractivity contribution in [3.05, 3.63) is 34.3 Å². The molecule has 0 spiro atoms. The molecule has 1 rings (SSSR count). The van der Waals surface area contributed by atoms with Crippen LogP contribution in [-0.2, 0) is 0 Å². The van der Waals surface area contributed by atoms with Gasteiger partial charge in [0.25, 0.3) is 0 Å². The topological polar surface area (TPSA) is 20.3 Å². The molecule has 0 amide bonds. The molecule has 3 heteroatoms. The van der Waals surface area contributed by atoms with Gasteiger partial charge in [-0.25, -0.2) is 0 Å². The standard InChI is InChI=1S/C15H22BrNO/c1-4-17(11-12(2)3)10-9-15(18)13-7-5-6-8-14(13)16/h5-8,12H,4,9-11H2,1-3H3. The summed E-state index contributed by atoms with van der Waals surface area (Å²) in [7, 11) is 0. The van der Waals surface area contributed by atoms with Crippen molar-refractivity contribution < 1.29 is 4.79 Å². The maximum atomic E-state index is 12.1. The number of carbonyl (C=O) groups excluding carboxylic acids is 1. The van der Waals surface area contributed by atoms with Gasteiger partial charge in [0.1, 0.15) is 0 Å². The second-order valence-electron chi connectivity index (χ2n) is 4.94. The van der Waals surface area contributed by atoms with Crippen molar-refractivity contribution in [1.82, 2.24) is 4.90 Å². The average molecular weight is 312 g/mol. The molecular weight excluding hydrogens is 290 g/mol. The minimum absolute atomic E-state index is 0.213. The first-order valence-corrected chi connectivity index (χ1v) is 7.34. The minimum Gasteiger partial charge on any atom is -0.303 e. The summed E-state index contributed by atoms with van der Waals surface area (Å²) in [6.45, 7) is 9.46. The van der Waals surface area contributed by atoms with Crippen molar-refractivity contribution in [2.75, 3.05) is 19.6 Å². The number of benzene rings is 1. The lowest BCUT2D eigenvalue weighted by molar-refractivity contribution is 0.0961. The molecule has 2 nitrogen and oxygen atoms in total. The van der Waals surface area contributed by atoms with Gasteiger partial charge >= 0.3 is 0 Å². The number of hydrogen-bond donors (Lipinski definition) is 0. The second-order valence-corrected chi connectivity index (χ2v) is 5.79. The molecular formula is C15H22BrNO. The maximum Gasteiger partial charge on any atom is 0.165 e. The molecule has 0 saturated carbocycles. The molecule has 0 fully saturated rings. The molecule has 0 atom stereocenters. The fraction of sp³-hybridized carbons (Fsp3) is 0.533. The van der Waals surface area contributed by atoms with Gasteiger partial charge in [-0.1, -0.05) is 54.9 Å². The fourth-order valence-corrected chi connectivity index (χ4v) is 2.48. The first-order chi connectivity index (χ1) is 8.54. The third kappa shape index (κ3) is 4.91. The van der Waals surface area contributed by atoms with E-state index in [1.54, 1.807) is 0 Å². The zero-order chi connectivity index (χ0) is 13.5. The van der Waals surface area contributed by atoms with Gasteiger partial charge in [0, 0.05) is 29.5 Å². The van der Waals surface area contributed by atoms with E-state index in [1.165, 1.54) is 0 Å². The average Bonchev–Trinajstić information content (AvgIpc) is 2.34. The number of nitrogens with zero attached hydrogens (tertiary/aromatic N) is 1. The van der Waals surface area contributed by atoms with Crippen molar-refractivity contribution in [3.63, 3.8) is 0 Å². The Kier molecular flexibility index (Phi) is 6.58. The molecule has 1 aromatic rings. The smallest absolute Gasteiger partial charge is 0.165 e. The first kappa shape index (κ1) is 15.4. The van der Waals surface area contributed by atoms with Crippen molar-refractivity contribution in [1.29, 1.82) is 0 Å². The van der Waals surface area contributed by atoms with Crippen molar-refractivity contribution >= 4 is 21.7 Å². The van der Waals surface area contributed by atoms with Crippen molar-refractivity contribution in [2.45, 2.75) is 27.2 Å². The number of ketones is 1. The normalized spacial score (nSPS) is 11.2. The summed E-state index contributed by atoms with van der Waals surface area (Å²) in [4.78, 5) is 14.4. The minimum atomic E-state index is 0.213. The fourth-order valence-electron chi connectivity index (χ4n) is 1.98. The molecule has 0 aromatic heterocycles. The van der Waals surface area contributed by atoms with Gasteiger partial charge in [0.05, 0.1) is 0 Å². The van der Waals surface area contributed by atoms with Gasteiger partial charge in [-0.15, -0.1) is 0 Å². The third-order valence-electron chi connectivity index (χ3n) is 2.90. The van der Waals surface area contributed by atoms with E-state index in [2.05, 4.69) is 41.6 Å². The van der Waals surface area contributed by atoms with Crippen LogP contribution in [0.3, 0.4) is 0 Å². The Labute approximate surface area is 119 Å². The van der Waals surface area contributed by atoms with Crippen LogP contribution >= 0.6 is 15.9 Å². The van der Waals surface area contributed by atoms with E-state index in [-0.39, 0.29) is 5.78 Å². The van der Waals surface area contributed by atoms with Gasteiger partial charge in [0.15, 0.2) is 5.78 Å². The van der Waals surface area contributed by atoms with Crippen LogP contribution in [-0.4, -0.2) is 30.3 Å². The molecule has 0 unspecified atom stereocenters. The quantitative estimate of drug-likeness (QED) is 0.709. The Morgan fingerprint density at radius 2 is 2.00 bits per heavy atom. The summed E-state index contributed by atoms with van der Waals surface area (Å²) in [5.74, 6) is 0.855. The van der Waals surface area contributed by atoms with Gasteiger partial charge in [-0.05, 0) is 18.5 Å². The van der Waals surface area contributed by atoms with Gasteiger partial charge in [-0.2, -0.15) is 0 Å². The van der Waals surface area contributed by atoms with Crippen LogP contribution in [0.4, 0.5) is 0 Å². The summed E-state index contributed by atoms with van der Waals surface area (Å²) >= 11 is 3.43. The van der Waals surface area contributed by atoms with E-state index in [9.17, 15) is 4.79 Å². The molecule has 0 bridgehead atoms. The zero-order valence-corrected chi connectivity index (χ0v) is 13.0. The Bertz CT molecular complexity index is 390. The number of halogens is 1. The summed E-state index contributed by atoms with van der Waals surface area (Å²) in [6, 6.07) is 7.63. The molecule has 1 aromatic carbocycles. The van der Waals surface area contributed by atoms with E-state index < -0.39 is 0 Å². The Morgan fingerprint density at radius 1 is 1.33 bits per heavy atom. The van der Waals surface area contributed by atoms with Crippen molar-refractivity contribution in [3.8, 4) is 0 Å². The van der Waals surface area contributed by atoms with Crippen LogP contribution in [0, 0.1) is 5.92 Å². The highest BCUT2D eigenvalue weighted by Crippen LogP contribution is 2.17. The molecule has 0 aliphatic carbocycles. The predicted octanol–water partition coefficient (Wildman–Crippen LogP) is 4.00. The van der Waals surface area contributed by atoms with Crippen LogP contribution in [0.15, 0.2) is 28.7 Å². The highest BCUT2D eigenvalue weighted by atomic mass is 79.9. The van der Waals surface area contributed by atoms with E-state index >= 15 is 0 Å². The number of carbonyl (C=O) groups is 1. The highest BCUT2D eigenvalue weighted by molar-refractivity contribution is 9.10. The monoisotopic (exact) mass is 311 g/mol. The molecule has 0 aliphatic rings. The molecule has 0 N–H and O–H groups in total. The number of rotatable bonds is 7. The summed E-state index contributed by atoms with van der Waals surface area (Å²) < 4.78 is 0.891. The van der Waals surface area contributed by atoms with Crippen LogP contribution in [0.5, 0.6) is 0 Å². The van der Waals surface area contributed by atoms with Crippen LogP contribution in [0.2, 0.25) is 0 Å². The first-order valence-electron chi connectivity index (χ1n) is 6.54. The molecule has 100 valence electrons. The van der Waals surface area contributed by atoms with E-state index in [4.69, 9.17) is 0 Å². The van der Waals surface area contributed by atoms with Crippen molar-refractivity contribution in [2.24, 2.45) is 5.92 Å². The van der Waals surface area contributed by atoms with E-state index in [0.717, 1.165) is 29.7 Å². The molecule has 0 aliphatic heterocycles. The van der Waals surface area contributed by atoms with Crippen LogP contribution in [0.25, 0.3) is 0 Å². The Hall–Kier alpha value is -0.670. The predicted molar refractivity (Wildman–Crippen MR) is 80.0 cm³/mol. The number of Topliss-reactive ketones (excluding diaryl/α,β-unsaturated/α-hetero) is 1. The SMILES string of the molecule is CCN(CCC(=O)c1ccccc1Br)CC(C)C. The lowest BCUT2D eigenvalue weighted by atomic mass is 10.1. The summed E-state index contributed by atoms with van der Waals surface area (Å²) in [6.07, 6.45) is 0.586. The maximum absolute atomic E-state index is 12.1. The van der Waals surface area contributed by atoms with Crippen LogP contribution in [0.1, 0.15) is 37.6 Å². The zero-order valence-electron chi connectivity index (χ0n) is 11.4. The highest BCUT2D eigenvalue weighted by Gasteiger charge is 2.12. The third-order valence-corrected chi connectivity index (χ3v) is 3.59. The molecule has 18 heavy (non-hydrogen) atoms. The van der Waals surface area contributed by atoms with Gasteiger partial charge in [-0.3, -0.25) is 4.79 Å². The number of hydrogen-bond acceptors (Lipinski definition) is 2. The lowest BCUT2D eigenvalue weighted by Crippen LogP contribution is -2.29. The van der Waals surface area contributed by atoms with Gasteiger partial charge in [0.2, 0.25) is 0 Å². The summed E-state index contributed by atoms with van der Waals surface area (Å²) in [5, 5.41) is 0. The Morgan fingerprint density at radius 3 is 2.56 bits per heavy atom. The molecule has 0 heterocycles. The Balaban J connectivity index is 2.53. The summed E-state index contributed by atoms with van der Waals surface area (Å²) in [5.41, 5.74) is 0.790. The lowest BCUT2D eigenvalue weighted by Gasteiger charge is -2.22. The van der Waals surface area contributed by atoms with E-state index in [1.807, 2.05) is 24.3 Å².